The molecule has 10 nitrogen and oxygen atoms in total. The van der Waals surface area contributed by atoms with Crippen molar-refractivity contribution in [2.75, 3.05) is 50.9 Å². The average Bonchev–Trinajstić information content (AvgIpc) is 2.72. The summed E-state index contributed by atoms with van der Waals surface area (Å²) in [6.07, 6.45) is 2.14. The minimum Gasteiger partial charge on any atom is -0.483 e. The number of nitrogen functional groups attached to an aromatic ring is 1. The van der Waals surface area contributed by atoms with E-state index in [-0.39, 0.29) is 18.0 Å². The molecule has 0 saturated carbocycles. The second kappa shape index (κ2) is 10.5. The van der Waals surface area contributed by atoms with E-state index in [1.54, 1.807) is 0 Å². The molecular weight excluding hydrogens is 398 g/mol. The number of likely N-dealkylation sites (N-methyl/N-ethyl adjacent to an activating group) is 1. The molecule has 0 radical (unpaired) electrons. The Kier molecular flexibility index (Phi) is 7.72. The highest BCUT2D eigenvalue weighted by molar-refractivity contribution is 5.54. The van der Waals surface area contributed by atoms with Crippen molar-refractivity contribution < 1.29 is 14.6 Å². The van der Waals surface area contributed by atoms with Crippen LogP contribution in [0.2, 0.25) is 0 Å². The van der Waals surface area contributed by atoms with Gasteiger partial charge in [0, 0.05) is 44.1 Å². The van der Waals surface area contributed by atoms with E-state index >= 15 is 0 Å². The number of nitrogens with zero attached hydrogens (tertiary/aromatic N) is 5. The van der Waals surface area contributed by atoms with Gasteiger partial charge < -0.3 is 20.9 Å². The van der Waals surface area contributed by atoms with Gasteiger partial charge in [0.05, 0.1) is 6.54 Å². The third-order valence-electron chi connectivity index (χ3n) is 5.84. The van der Waals surface area contributed by atoms with Crippen LogP contribution in [-0.4, -0.2) is 81.8 Å². The van der Waals surface area contributed by atoms with Crippen molar-refractivity contribution in [3.05, 3.63) is 35.7 Å². The average molecular weight is 430 g/mol. The van der Waals surface area contributed by atoms with E-state index in [1.807, 2.05) is 12.1 Å². The molecule has 2 aliphatic rings. The fourth-order valence-electron chi connectivity index (χ4n) is 4.19. The number of nitrogens with two attached hydrogens (primary N) is 1. The lowest BCUT2D eigenvalue weighted by molar-refractivity contribution is -0.122. The molecule has 2 saturated heterocycles. The van der Waals surface area contributed by atoms with Gasteiger partial charge in [0.2, 0.25) is 11.9 Å². The minimum absolute atomic E-state index is 0.192. The number of carboxylic acid groups (broad SMARTS) is 1. The van der Waals surface area contributed by atoms with Crippen LogP contribution in [-0.2, 0) is 16.1 Å². The number of carbonyl (C=O) groups is 1. The van der Waals surface area contributed by atoms with Gasteiger partial charge in [0.25, 0.3) is 6.47 Å². The summed E-state index contributed by atoms with van der Waals surface area (Å²) in [5.74, 6) is 1.44. The Labute approximate surface area is 182 Å². The van der Waals surface area contributed by atoms with E-state index in [9.17, 15) is 0 Å². The largest absolute Gasteiger partial charge is 0.483 e. The molecule has 3 heterocycles. The summed E-state index contributed by atoms with van der Waals surface area (Å²) in [7, 11) is 2.23. The van der Waals surface area contributed by atoms with Crippen LogP contribution in [0.4, 0.5) is 17.6 Å². The van der Waals surface area contributed by atoms with Crippen molar-refractivity contribution >= 4 is 24.1 Å². The standard InChI is InChI=1S/C20H29N7O.CH2O2/c1-15-4-3-5-16(12-15)22-19-24-17(23-18(21)25-19)13-27-9-8-26(2)20(14-27)6-10-28-11-7-20;2-1-3/h3-5,12H,6-11,13-14H2,1-2H3,(H3,21,22,23,24,25);1H,(H,2,3). The smallest absolute Gasteiger partial charge is 0.290 e. The van der Waals surface area contributed by atoms with Gasteiger partial charge in [-0.25, -0.2) is 0 Å². The van der Waals surface area contributed by atoms with Gasteiger partial charge in [0.15, 0.2) is 0 Å². The summed E-state index contributed by atoms with van der Waals surface area (Å²) in [6.45, 7) is 7.17. The van der Waals surface area contributed by atoms with Gasteiger partial charge >= 0.3 is 0 Å². The monoisotopic (exact) mass is 429 g/mol. The lowest BCUT2D eigenvalue weighted by Gasteiger charge is -2.51. The molecule has 10 heteroatoms. The third-order valence-corrected chi connectivity index (χ3v) is 5.84. The van der Waals surface area contributed by atoms with E-state index in [0.717, 1.165) is 51.4 Å². The molecule has 4 N–H and O–H groups in total. The van der Waals surface area contributed by atoms with Crippen molar-refractivity contribution in [3.63, 3.8) is 0 Å². The van der Waals surface area contributed by atoms with Gasteiger partial charge in [-0.2, -0.15) is 15.0 Å². The number of piperazine rings is 1. The number of anilines is 3. The molecule has 0 unspecified atom stereocenters. The maximum absolute atomic E-state index is 8.36. The zero-order valence-corrected chi connectivity index (χ0v) is 18.1. The topological polar surface area (TPSA) is 130 Å². The van der Waals surface area contributed by atoms with Crippen molar-refractivity contribution in [1.82, 2.24) is 24.8 Å². The van der Waals surface area contributed by atoms with Crippen molar-refractivity contribution in [2.45, 2.75) is 31.8 Å². The van der Waals surface area contributed by atoms with Crippen LogP contribution in [0.25, 0.3) is 0 Å². The van der Waals surface area contributed by atoms with Crippen molar-refractivity contribution in [1.29, 1.82) is 0 Å². The quantitative estimate of drug-likeness (QED) is 0.615. The summed E-state index contributed by atoms with van der Waals surface area (Å²) in [6, 6.07) is 8.09. The molecule has 2 fully saturated rings. The zero-order valence-electron chi connectivity index (χ0n) is 18.1. The summed E-state index contributed by atoms with van der Waals surface area (Å²) in [5, 5.41) is 10.1. The normalized spacial score (nSPS) is 18.8. The number of aryl methyl sites for hydroxylation is 1. The Balaban J connectivity index is 0.000000858. The highest BCUT2D eigenvalue weighted by Gasteiger charge is 2.41. The number of rotatable bonds is 4. The fraction of sp³-hybridized carbons (Fsp3) is 0.524. The molecule has 0 bridgehead atoms. The van der Waals surface area contributed by atoms with Gasteiger partial charge in [-0.15, -0.1) is 0 Å². The minimum atomic E-state index is -0.250. The summed E-state index contributed by atoms with van der Waals surface area (Å²) in [4.78, 5) is 26.5. The second-order valence-corrected chi connectivity index (χ2v) is 8.00. The molecule has 1 aromatic carbocycles. The van der Waals surface area contributed by atoms with Gasteiger partial charge in [0.1, 0.15) is 5.82 Å². The molecule has 0 atom stereocenters. The number of ether oxygens (including phenoxy) is 1. The molecule has 0 amide bonds. The van der Waals surface area contributed by atoms with E-state index in [1.165, 1.54) is 5.56 Å². The van der Waals surface area contributed by atoms with E-state index in [4.69, 9.17) is 20.4 Å². The Morgan fingerprint density at radius 1 is 1.26 bits per heavy atom. The Morgan fingerprint density at radius 2 is 2.00 bits per heavy atom. The van der Waals surface area contributed by atoms with E-state index in [2.05, 4.69) is 56.2 Å². The zero-order chi connectivity index (χ0) is 22.3. The second-order valence-electron chi connectivity index (χ2n) is 8.00. The first-order valence-corrected chi connectivity index (χ1v) is 10.4. The van der Waals surface area contributed by atoms with Crippen molar-refractivity contribution in [3.8, 4) is 0 Å². The molecule has 168 valence electrons. The maximum atomic E-state index is 8.36. The number of hydrogen-bond acceptors (Lipinski definition) is 9. The van der Waals surface area contributed by atoms with Crippen LogP contribution in [0, 0.1) is 6.92 Å². The number of hydrogen-bond donors (Lipinski definition) is 3. The van der Waals surface area contributed by atoms with Gasteiger partial charge in [-0.05, 0) is 44.5 Å². The SMILES string of the molecule is Cc1cccc(Nc2nc(N)nc(CN3CCN(C)C4(CCOCC4)C3)n2)c1.O=CO. The molecule has 2 aliphatic heterocycles. The lowest BCUT2D eigenvalue weighted by Crippen LogP contribution is -2.62. The highest BCUT2D eigenvalue weighted by atomic mass is 16.5. The van der Waals surface area contributed by atoms with Crippen LogP contribution in [0.15, 0.2) is 24.3 Å². The first kappa shape index (κ1) is 22.9. The molecule has 2 aromatic rings. The van der Waals surface area contributed by atoms with Gasteiger partial charge in [-0.1, -0.05) is 12.1 Å². The summed E-state index contributed by atoms with van der Waals surface area (Å²) >= 11 is 0. The Bertz CT molecular complexity index is 874. The lowest BCUT2D eigenvalue weighted by atomic mass is 9.86. The molecular formula is C21H31N7O3. The molecule has 0 aliphatic carbocycles. The maximum Gasteiger partial charge on any atom is 0.290 e. The van der Waals surface area contributed by atoms with Crippen molar-refractivity contribution in [2.24, 2.45) is 0 Å². The first-order valence-electron chi connectivity index (χ1n) is 10.4. The summed E-state index contributed by atoms with van der Waals surface area (Å²) < 4.78 is 5.59. The predicted octanol–water partition coefficient (Wildman–Crippen LogP) is 1.50. The van der Waals surface area contributed by atoms with Crippen LogP contribution in [0.1, 0.15) is 24.2 Å². The van der Waals surface area contributed by atoms with Crippen LogP contribution >= 0.6 is 0 Å². The summed E-state index contributed by atoms with van der Waals surface area (Å²) in [5.41, 5.74) is 8.27. The highest BCUT2D eigenvalue weighted by Crippen LogP contribution is 2.31. The van der Waals surface area contributed by atoms with Crippen LogP contribution in [0.3, 0.4) is 0 Å². The van der Waals surface area contributed by atoms with Crippen LogP contribution in [0.5, 0.6) is 0 Å². The van der Waals surface area contributed by atoms with Crippen LogP contribution < -0.4 is 11.1 Å². The van der Waals surface area contributed by atoms with Gasteiger partial charge in [-0.3, -0.25) is 14.6 Å². The Morgan fingerprint density at radius 3 is 2.71 bits per heavy atom. The van der Waals surface area contributed by atoms with E-state index < -0.39 is 0 Å². The molecule has 4 rings (SSSR count). The first-order chi connectivity index (χ1) is 14.9. The van der Waals surface area contributed by atoms with E-state index in [0.29, 0.717) is 18.3 Å². The number of nitrogens with one attached hydrogen (secondary N) is 1. The number of benzene rings is 1. The molecule has 1 aromatic heterocycles. The fourth-order valence-corrected chi connectivity index (χ4v) is 4.19. The number of aromatic nitrogens is 3. The predicted molar refractivity (Wildman–Crippen MR) is 118 cm³/mol. The Hall–Kier alpha value is -2.82. The third kappa shape index (κ3) is 6.09. The molecule has 1 spiro atoms. The molecule has 31 heavy (non-hydrogen) atoms.